The van der Waals surface area contributed by atoms with Crippen molar-refractivity contribution in [3.8, 4) is 0 Å². The summed E-state index contributed by atoms with van der Waals surface area (Å²) in [6, 6.07) is -0.915. The average Bonchev–Trinajstić information content (AvgIpc) is 3.42. The maximum absolute atomic E-state index is 13.0. The molecule has 9 heteroatoms. The van der Waals surface area contributed by atoms with Crippen LogP contribution in [0.1, 0.15) is 264 Å². The van der Waals surface area contributed by atoms with E-state index in [0.29, 0.717) is 17.4 Å². The van der Waals surface area contributed by atoms with Gasteiger partial charge in [0, 0.05) is 6.42 Å². The van der Waals surface area contributed by atoms with Crippen LogP contribution >= 0.6 is 7.82 Å². The van der Waals surface area contributed by atoms with Gasteiger partial charge in [-0.2, -0.15) is 0 Å². The van der Waals surface area contributed by atoms with Crippen LogP contribution in [0.2, 0.25) is 0 Å². The summed E-state index contributed by atoms with van der Waals surface area (Å²) in [5, 5.41) is 13.9. The molecule has 2 N–H and O–H groups in total. The van der Waals surface area contributed by atoms with E-state index in [1.54, 1.807) is 6.08 Å². The number of nitrogens with zero attached hydrogens (tertiary/aromatic N) is 1. The van der Waals surface area contributed by atoms with Crippen LogP contribution in [0, 0.1) is 0 Å². The molecule has 0 aromatic heterocycles. The van der Waals surface area contributed by atoms with Gasteiger partial charge in [-0.05, 0) is 103 Å². The topological polar surface area (TPSA) is 108 Å². The number of amides is 1. The standard InChI is InChI=1S/C70H123N2O6P/c1-6-8-10-12-14-16-18-20-22-24-25-26-27-28-29-30-31-32-33-34-35-36-37-38-39-40-41-42-43-44-45-46-47-48-50-52-54-56-58-60-62-64-70(74)71-68(67-78-79(75,76)77-66-65-72(3,4)5)69(73)63-61-59-57-55-53-51-49-23-21-19-17-15-13-11-9-7-2/h8,10,14,16,20-23,25-26,28-29,31-32,34-35,53,55,61,63,68-69,73H,6-7,9,11-13,15,17-19,24,27,30,33,36-52,54,56-60,62,64-67H2,1-5H3,(H-,71,74,75,76)/b10-8-,16-14-,22-20-,23-21+,26-25-,29-28-,32-31-,35-34-,55-53+,63-61+. The van der Waals surface area contributed by atoms with E-state index in [4.69, 9.17) is 9.05 Å². The highest BCUT2D eigenvalue weighted by Gasteiger charge is 2.23. The first-order valence-corrected chi connectivity index (χ1v) is 33.9. The molecule has 0 spiro atoms. The van der Waals surface area contributed by atoms with Gasteiger partial charge in [-0.3, -0.25) is 9.36 Å². The van der Waals surface area contributed by atoms with Crippen molar-refractivity contribution in [2.45, 2.75) is 276 Å². The van der Waals surface area contributed by atoms with Crippen molar-refractivity contribution in [1.29, 1.82) is 0 Å². The van der Waals surface area contributed by atoms with Gasteiger partial charge >= 0.3 is 0 Å². The summed E-state index contributed by atoms with van der Waals surface area (Å²) < 4.78 is 23.3. The largest absolute Gasteiger partial charge is 0.756 e. The quantitative estimate of drug-likeness (QED) is 0.0272. The molecule has 0 aromatic rings. The van der Waals surface area contributed by atoms with E-state index in [-0.39, 0.29) is 12.5 Å². The Morgan fingerprint density at radius 2 is 0.785 bits per heavy atom. The highest BCUT2D eigenvalue weighted by molar-refractivity contribution is 7.45. The first-order valence-electron chi connectivity index (χ1n) is 32.4. The maximum atomic E-state index is 13.0. The van der Waals surface area contributed by atoms with Crippen molar-refractivity contribution >= 4 is 13.7 Å². The number of rotatable bonds is 58. The lowest BCUT2D eigenvalue weighted by molar-refractivity contribution is -0.870. The van der Waals surface area contributed by atoms with Gasteiger partial charge in [-0.15, -0.1) is 0 Å². The number of unbranched alkanes of at least 4 members (excludes halogenated alkanes) is 27. The van der Waals surface area contributed by atoms with Gasteiger partial charge in [-0.1, -0.05) is 277 Å². The fraction of sp³-hybridized carbons (Fsp3) is 0.700. The number of phosphoric acid groups is 1. The zero-order chi connectivity index (χ0) is 57.7. The summed E-state index contributed by atoms with van der Waals surface area (Å²) in [4.78, 5) is 25.5. The number of likely N-dealkylation sites (N-methyl/N-ethyl adjacent to an activating group) is 1. The number of carbonyl (C=O) groups is 1. The number of aliphatic hydroxyl groups is 1. The molecule has 8 nitrogen and oxygen atoms in total. The third-order valence-corrected chi connectivity index (χ3v) is 14.8. The molecular formula is C70H123N2O6P. The molecule has 1 amide bonds. The second kappa shape index (κ2) is 59.5. The van der Waals surface area contributed by atoms with Gasteiger partial charge in [-0.25, -0.2) is 0 Å². The molecule has 0 bridgehead atoms. The van der Waals surface area contributed by atoms with Crippen LogP contribution in [0.4, 0.5) is 0 Å². The second-order valence-corrected chi connectivity index (χ2v) is 24.1. The number of allylic oxidation sites excluding steroid dienone is 19. The molecule has 0 aliphatic heterocycles. The Morgan fingerprint density at radius 3 is 1.18 bits per heavy atom. The molecule has 0 saturated carbocycles. The smallest absolute Gasteiger partial charge is 0.268 e. The predicted molar refractivity (Wildman–Crippen MR) is 343 cm³/mol. The summed E-state index contributed by atoms with van der Waals surface area (Å²) in [5.74, 6) is -0.213. The highest BCUT2D eigenvalue weighted by atomic mass is 31.2. The lowest BCUT2D eigenvalue weighted by Gasteiger charge is -2.29. The Kier molecular flexibility index (Phi) is 57.2. The summed E-state index contributed by atoms with van der Waals surface area (Å²) >= 11 is 0. The molecule has 0 heterocycles. The Morgan fingerprint density at radius 1 is 0.456 bits per heavy atom. The molecule has 0 aliphatic carbocycles. The summed E-state index contributed by atoms with van der Waals surface area (Å²) in [5.41, 5.74) is 0. The van der Waals surface area contributed by atoms with E-state index in [9.17, 15) is 19.4 Å². The van der Waals surface area contributed by atoms with Crippen LogP contribution in [-0.2, 0) is 18.4 Å². The number of hydrogen-bond acceptors (Lipinski definition) is 6. The highest BCUT2D eigenvalue weighted by Crippen LogP contribution is 2.38. The van der Waals surface area contributed by atoms with E-state index in [1.807, 2.05) is 27.2 Å². The van der Waals surface area contributed by atoms with E-state index < -0.39 is 26.6 Å². The lowest BCUT2D eigenvalue weighted by atomic mass is 10.0. The van der Waals surface area contributed by atoms with Crippen LogP contribution < -0.4 is 10.2 Å². The number of quaternary nitrogens is 1. The Hall–Kier alpha value is -3.10. The minimum atomic E-state index is -4.61. The van der Waals surface area contributed by atoms with Crippen molar-refractivity contribution in [2.75, 3.05) is 40.9 Å². The third kappa shape index (κ3) is 62.4. The third-order valence-electron chi connectivity index (χ3n) is 13.9. The van der Waals surface area contributed by atoms with Gasteiger partial charge in [0.05, 0.1) is 39.9 Å². The van der Waals surface area contributed by atoms with E-state index >= 15 is 0 Å². The number of nitrogens with one attached hydrogen (secondary N) is 1. The van der Waals surface area contributed by atoms with E-state index in [0.717, 1.165) is 89.9 Å². The minimum absolute atomic E-state index is 0.0122. The first-order chi connectivity index (χ1) is 38.5. The van der Waals surface area contributed by atoms with Gasteiger partial charge < -0.3 is 28.8 Å². The fourth-order valence-electron chi connectivity index (χ4n) is 8.87. The van der Waals surface area contributed by atoms with Crippen LogP contribution in [0.5, 0.6) is 0 Å². The summed E-state index contributed by atoms with van der Waals surface area (Å²) in [6.07, 6.45) is 88.8. The van der Waals surface area contributed by atoms with Crippen LogP contribution in [0.25, 0.3) is 0 Å². The zero-order valence-electron chi connectivity index (χ0n) is 51.8. The number of phosphoric ester groups is 1. The Labute approximate surface area is 488 Å². The van der Waals surface area contributed by atoms with Crippen molar-refractivity contribution < 1.29 is 32.9 Å². The van der Waals surface area contributed by atoms with E-state index in [1.165, 1.54) is 154 Å². The van der Waals surface area contributed by atoms with Gasteiger partial charge in [0.15, 0.2) is 0 Å². The monoisotopic (exact) mass is 1120 g/mol. The molecule has 3 unspecified atom stereocenters. The second-order valence-electron chi connectivity index (χ2n) is 22.7. The van der Waals surface area contributed by atoms with Gasteiger partial charge in [0.1, 0.15) is 13.2 Å². The lowest BCUT2D eigenvalue weighted by Crippen LogP contribution is -2.45. The van der Waals surface area contributed by atoms with Crippen LogP contribution in [0.15, 0.2) is 122 Å². The number of carbonyl (C=O) groups excluding carboxylic acids is 1. The SMILES string of the molecule is CC/C=C\C/C=C\C/C=C\C/C=C\C/C=C\C/C=C\C/C=C\CCCCCCCCCCCCCCCCCCCCCC(=O)NC(COP(=O)([O-])OCC[N+](C)(C)C)C(O)/C=C/CC/C=C/CC/C=C/CCCCCCCC. The molecular weight excluding hydrogens is 996 g/mol. The molecule has 0 saturated heterocycles. The molecule has 0 fully saturated rings. The van der Waals surface area contributed by atoms with E-state index in [2.05, 4.69) is 129 Å². The molecule has 454 valence electrons. The molecule has 0 rings (SSSR count). The Balaban J connectivity index is 4.01. The summed E-state index contributed by atoms with van der Waals surface area (Å²) in [7, 11) is 1.23. The molecule has 0 radical (unpaired) electrons. The van der Waals surface area contributed by atoms with Crippen molar-refractivity contribution in [2.24, 2.45) is 0 Å². The maximum Gasteiger partial charge on any atom is 0.268 e. The molecule has 0 aromatic carbocycles. The first kappa shape index (κ1) is 75.9. The zero-order valence-corrected chi connectivity index (χ0v) is 52.7. The molecule has 3 atom stereocenters. The normalized spacial score (nSPS) is 14.6. The van der Waals surface area contributed by atoms with Crippen molar-refractivity contribution in [1.82, 2.24) is 5.32 Å². The number of aliphatic hydroxyl groups excluding tert-OH is 1. The Bertz CT molecular complexity index is 1700. The van der Waals surface area contributed by atoms with Crippen molar-refractivity contribution in [3.63, 3.8) is 0 Å². The minimum Gasteiger partial charge on any atom is -0.756 e. The average molecular weight is 1120 g/mol. The fourth-order valence-corrected chi connectivity index (χ4v) is 9.60. The van der Waals surface area contributed by atoms with Crippen molar-refractivity contribution in [3.05, 3.63) is 122 Å². The van der Waals surface area contributed by atoms with Gasteiger partial charge in [0.2, 0.25) is 5.91 Å². The predicted octanol–water partition coefficient (Wildman–Crippen LogP) is 19.9. The summed E-state index contributed by atoms with van der Waals surface area (Å²) in [6.45, 7) is 4.49. The van der Waals surface area contributed by atoms with Gasteiger partial charge in [0.25, 0.3) is 7.82 Å². The van der Waals surface area contributed by atoms with Crippen LogP contribution in [0.3, 0.4) is 0 Å². The molecule has 0 aliphatic rings. The molecule has 79 heavy (non-hydrogen) atoms. The van der Waals surface area contributed by atoms with Crippen LogP contribution in [-0.4, -0.2) is 68.5 Å². The number of hydrogen-bond donors (Lipinski definition) is 2.